The van der Waals surface area contributed by atoms with E-state index >= 15 is 0 Å². The summed E-state index contributed by atoms with van der Waals surface area (Å²) in [7, 11) is 0. The summed E-state index contributed by atoms with van der Waals surface area (Å²) in [6, 6.07) is 7.69. The van der Waals surface area contributed by atoms with Gasteiger partial charge in [-0.05, 0) is 70.0 Å². The van der Waals surface area contributed by atoms with E-state index in [9.17, 15) is 14.0 Å². The van der Waals surface area contributed by atoms with Gasteiger partial charge in [0.25, 0.3) is 5.91 Å². The maximum absolute atomic E-state index is 13.8. The molecule has 7 nitrogen and oxygen atoms in total. The Hall–Kier alpha value is -3.68. The molecular weight excluding hydrogens is 413 g/mol. The van der Waals surface area contributed by atoms with Gasteiger partial charge >= 0.3 is 5.97 Å². The number of aromatic nitrogens is 1. The van der Waals surface area contributed by atoms with E-state index in [-0.39, 0.29) is 17.3 Å². The zero-order chi connectivity index (χ0) is 22.7. The molecule has 5 rings (SSSR count). The van der Waals surface area contributed by atoms with Gasteiger partial charge in [-0.1, -0.05) is 0 Å². The lowest BCUT2D eigenvalue weighted by molar-refractivity contribution is -0.146. The van der Waals surface area contributed by atoms with Crippen molar-refractivity contribution in [3.8, 4) is 0 Å². The minimum absolute atomic E-state index is 0.292. The predicted octanol–water partition coefficient (Wildman–Crippen LogP) is 4.45. The molecule has 3 heterocycles. The number of anilines is 2. The summed E-state index contributed by atoms with van der Waals surface area (Å²) in [6.07, 6.45) is 5.08. The molecule has 2 aliphatic heterocycles. The van der Waals surface area contributed by atoms with Crippen LogP contribution in [-0.2, 0) is 19.2 Å². The topological polar surface area (TPSA) is 89.5 Å². The molecule has 164 valence electrons. The van der Waals surface area contributed by atoms with Crippen LogP contribution in [0.3, 0.4) is 0 Å². The van der Waals surface area contributed by atoms with Crippen LogP contribution in [0.15, 0.2) is 48.4 Å². The third kappa shape index (κ3) is 3.41. The molecule has 0 radical (unpaired) electrons. The molecule has 1 amide bonds. The van der Waals surface area contributed by atoms with Crippen molar-refractivity contribution in [2.45, 2.75) is 39.2 Å². The van der Waals surface area contributed by atoms with Gasteiger partial charge in [-0.2, -0.15) is 0 Å². The van der Waals surface area contributed by atoms with E-state index in [1.807, 2.05) is 26.8 Å². The van der Waals surface area contributed by atoms with Gasteiger partial charge in [0.1, 0.15) is 17.2 Å². The number of carbonyl (C=O) groups is 2. The lowest BCUT2D eigenvalue weighted by Crippen LogP contribution is -2.21. The van der Waals surface area contributed by atoms with Gasteiger partial charge < -0.3 is 14.9 Å². The van der Waals surface area contributed by atoms with Crippen molar-refractivity contribution >= 4 is 34.5 Å². The first-order chi connectivity index (χ1) is 15.2. The van der Waals surface area contributed by atoms with E-state index in [4.69, 9.17) is 9.57 Å². The molecule has 8 heteroatoms. The summed E-state index contributed by atoms with van der Waals surface area (Å²) >= 11 is 0. The van der Waals surface area contributed by atoms with Crippen molar-refractivity contribution in [2.75, 3.05) is 10.8 Å². The molecule has 2 aromatic rings. The first kappa shape index (κ1) is 20.2. The molecule has 1 saturated carbocycles. The highest BCUT2D eigenvalue weighted by molar-refractivity contribution is 6.32. The number of rotatable bonds is 4. The number of hydrogen-bond donors (Lipinski definition) is 2. The first-order valence-electron chi connectivity index (χ1n) is 10.4. The molecule has 0 unspecified atom stereocenters. The maximum atomic E-state index is 13.8. The molecule has 0 bridgehead atoms. The van der Waals surface area contributed by atoms with Crippen molar-refractivity contribution in [2.24, 2.45) is 5.41 Å². The largest absolute Gasteiger partial charge is 0.482 e. The lowest BCUT2D eigenvalue weighted by atomic mass is 9.93. The Morgan fingerprint density at radius 1 is 1.22 bits per heavy atom. The van der Waals surface area contributed by atoms with Gasteiger partial charge in [0.05, 0.1) is 11.0 Å². The van der Waals surface area contributed by atoms with Crippen molar-refractivity contribution in [3.05, 3.63) is 65.3 Å². The Morgan fingerprint density at radius 2 is 2.00 bits per heavy atom. The van der Waals surface area contributed by atoms with Gasteiger partial charge in [-0.15, -0.1) is 0 Å². The highest BCUT2D eigenvalue weighted by atomic mass is 19.1. The first-order valence-corrected chi connectivity index (χ1v) is 10.4. The number of carbonyl (C=O) groups excluding carboxylic acids is 2. The summed E-state index contributed by atoms with van der Waals surface area (Å²) in [6.45, 7) is 5.64. The van der Waals surface area contributed by atoms with Gasteiger partial charge in [0.2, 0.25) is 0 Å². The Bertz CT molecular complexity index is 1210. The molecule has 1 aromatic carbocycles. The van der Waals surface area contributed by atoms with E-state index in [2.05, 4.69) is 15.8 Å². The standard InChI is InChI=1S/C24H22FN3O4/c1-23(2)16(13-4-7-19(26-12-13)28-32-22(30)24(3)8-9-24)11-18(31-23)20-15-10-14(25)5-6-17(15)27-21(20)29/h4-7,10-12H,8-9H2,1-3H3,(H,26,28)(H,27,29). The van der Waals surface area contributed by atoms with Crippen molar-refractivity contribution in [3.63, 3.8) is 0 Å². The van der Waals surface area contributed by atoms with Crippen LogP contribution < -0.4 is 10.8 Å². The second-order valence-electron chi connectivity index (χ2n) is 9.04. The molecule has 1 aromatic heterocycles. The number of nitrogens with zero attached hydrogens (tertiary/aromatic N) is 1. The molecule has 2 N–H and O–H groups in total. The summed E-state index contributed by atoms with van der Waals surface area (Å²) in [4.78, 5) is 34.0. The van der Waals surface area contributed by atoms with Gasteiger partial charge in [0.15, 0.2) is 5.82 Å². The number of pyridine rings is 1. The molecule has 3 aliphatic rings. The smallest absolute Gasteiger partial charge is 0.337 e. The quantitative estimate of drug-likeness (QED) is 0.545. The number of benzene rings is 1. The van der Waals surface area contributed by atoms with Crippen LogP contribution in [0.5, 0.6) is 0 Å². The van der Waals surface area contributed by atoms with Crippen LogP contribution in [0.2, 0.25) is 0 Å². The number of nitrogens with one attached hydrogen (secondary N) is 2. The minimum atomic E-state index is -0.734. The van der Waals surface area contributed by atoms with Crippen molar-refractivity contribution < 1.29 is 23.6 Å². The molecule has 0 saturated heterocycles. The average molecular weight is 435 g/mol. The molecular formula is C24H22FN3O4. The molecule has 0 spiro atoms. The summed E-state index contributed by atoms with van der Waals surface area (Å²) < 4.78 is 19.9. The minimum Gasteiger partial charge on any atom is -0.482 e. The number of fused-ring (bicyclic) bond motifs is 1. The van der Waals surface area contributed by atoms with E-state index in [1.165, 1.54) is 18.2 Å². The maximum Gasteiger partial charge on any atom is 0.337 e. The normalized spacial score (nSPS) is 21.9. The van der Waals surface area contributed by atoms with Crippen molar-refractivity contribution in [1.82, 2.24) is 4.98 Å². The number of ether oxygens (including phenoxy) is 1. The Morgan fingerprint density at radius 3 is 2.69 bits per heavy atom. The number of halogens is 1. The van der Waals surface area contributed by atoms with E-state index < -0.39 is 11.4 Å². The highest BCUT2D eigenvalue weighted by Gasteiger charge is 2.47. The Labute approximate surface area is 184 Å². The SMILES string of the molecule is CC1(C(=O)ONc2ccc(C3=CC(=C4C(=O)Nc5ccc(F)cc54)OC3(C)C)cn2)CC1. The second kappa shape index (κ2) is 6.91. The fraction of sp³-hybridized carbons (Fsp3) is 0.292. The molecule has 1 aliphatic carbocycles. The molecule has 32 heavy (non-hydrogen) atoms. The molecule has 1 fully saturated rings. The van der Waals surface area contributed by atoms with Crippen molar-refractivity contribution in [1.29, 1.82) is 0 Å². The number of allylic oxidation sites excluding steroid dienone is 1. The third-order valence-electron chi connectivity index (χ3n) is 6.08. The zero-order valence-corrected chi connectivity index (χ0v) is 17.9. The summed E-state index contributed by atoms with van der Waals surface area (Å²) in [5.41, 5.74) is 4.40. The van der Waals surface area contributed by atoms with Crippen LogP contribution in [0.4, 0.5) is 15.9 Å². The van der Waals surface area contributed by atoms with E-state index in [0.717, 1.165) is 24.0 Å². The average Bonchev–Trinajstić information content (AvgIpc) is 3.31. The van der Waals surface area contributed by atoms with Crippen LogP contribution in [0.25, 0.3) is 11.1 Å². The Balaban J connectivity index is 1.42. The predicted molar refractivity (Wildman–Crippen MR) is 116 cm³/mol. The van der Waals surface area contributed by atoms with Crippen LogP contribution in [0, 0.1) is 11.2 Å². The number of amides is 1. The van der Waals surface area contributed by atoms with Gasteiger partial charge in [-0.3, -0.25) is 4.79 Å². The van der Waals surface area contributed by atoms with E-state index in [0.29, 0.717) is 28.4 Å². The van der Waals surface area contributed by atoms with E-state index in [1.54, 1.807) is 18.3 Å². The fourth-order valence-corrected chi connectivity index (χ4v) is 3.83. The summed E-state index contributed by atoms with van der Waals surface area (Å²) in [5, 5.41) is 2.74. The number of hydrogen-bond acceptors (Lipinski definition) is 6. The molecule has 0 atom stereocenters. The summed E-state index contributed by atoms with van der Waals surface area (Å²) in [5.74, 6) is -0.275. The second-order valence-corrected chi connectivity index (χ2v) is 9.04. The Kier molecular flexibility index (Phi) is 4.37. The van der Waals surface area contributed by atoms with Gasteiger partial charge in [0, 0.05) is 28.6 Å². The van der Waals surface area contributed by atoms with Gasteiger partial charge in [-0.25, -0.2) is 19.6 Å². The lowest BCUT2D eigenvalue weighted by Gasteiger charge is -2.23. The zero-order valence-electron chi connectivity index (χ0n) is 17.9. The highest BCUT2D eigenvalue weighted by Crippen LogP contribution is 2.46. The van der Waals surface area contributed by atoms with Crippen LogP contribution >= 0.6 is 0 Å². The van der Waals surface area contributed by atoms with Crippen LogP contribution in [0.1, 0.15) is 44.7 Å². The van der Waals surface area contributed by atoms with Crippen LogP contribution in [-0.4, -0.2) is 22.5 Å². The monoisotopic (exact) mass is 435 g/mol. The third-order valence-corrected chi connectivity index (χ3v) is 6.08. The fourth-order valence-electron chi connectivity index (χ4n) is 3.83.